The molecule has 33 heavy (non-hydrogen) atoms. The lowest BCUT2D eigenvalue weighted by Crippen LogP contribution is -2.60. The van der Waals surface area contributed by atoms with Crippen LogP contribution >= 0.6 is 0 Å². The number of ketones is 1. The lowest BCUT2D eigenvalue weighted by Gasteiger charge is -2.59. The van der Waals surface area contributed by atoms with E-state index in [0.717, 1.165) is 37.7 Å². The van der Waals surface area contributed by atoms with Crippen molar-refractivity contribution >= 4 is 11.8 Å². The zero-order chi connectivity index (χ0) is 23.4. The van der Waals surface area contributed by atoms with Gasteiger partial charge in [0.1, 0.15) is 17.5 Å². The van der Waals surface area contributed by atoms with Gasteiger partial charge in [-0.1, -0.05) is 30.7 Å². The Hall–Kier alpha value is -1.72. The molecular weight excluding hydrogens is 416 g/mol. The van der Waals surface area contributed by atoms with E-state index in [1.165, 1.54) is 5.57 Å². The summed E-state index contributed by atoms with van der Waals surface area (Å²) < 4.78 is 13.2. The third-order valence-electron chi connectivity index (χ3n) is 11.1. The van der Waals surface area contributed by atoms with Crippen molar-refractivity contribution < 1.29 is 24.2 Å². The number of esters is 1. The number of cyclic esters (lactones) is 1. The van der Waals surface area contributed by atoms with Crippen LogP contribution in [0.5, 0.6) is 0 Å². The summed E-state index contributed by atoms with van der Waals surface area (Å²) in [7, 11) is 0. The van der Waals surface area contributed by atoms with Gasteiger partial charge in [-0.2, -0.15) is 0 Å². The summed E-state index contributed by atoms with van der Waals surface area (Å²) in [5, 5.41) is 9.60. The summed E-state index contributed by atoms with van der Waals surface area (Å²) in [6.45, 7) is 8.39. The number of carbonyl (C=O) groups excluding carboxylic acids is 2. The van der Waals surface area contributed by atoms with Crippen molar-refractivity contribution in [1.29, 1.82) is 0 Å². The molecule has 1 saturated heterocycles. The van der Waals surface area contributed by atoms with E-state index >= 15 is 0 Å². The van der Waals surface area contributed by atoms with Crippen LogP contribution in [0.2, 0.25) is 0 Å². The standard InChI is InChI=1S/C28H36O5/c1-16-14-23(32-24(31)18(16)15-29)27(4)21-11-13-28(33-27)20-9-8-17-6-5-7-22(30)26(17,3)19(20)10-12-25(21,28)2/h5-6,8,19-21,23,29H,7,9-15H2,1-4H3/t19-,20+,21+,23+,25+,26-,27+,28+/m0/s1. The van der Waals surface area contributed by atoms with Crippen molar-refractivity contribution in [1.82, 2.24) is 0 Å². The van der Waals surface area contributed by atoms with Crippen LogP contribution in [0, 0.1) is 28.6 Å². The van der Waals surface area contributed by atoms with Gasteiger partial charge in [-0.25, -0.2) is 4.79 Å². The van der Waals surface area contributed by atoms with Gasteiger partial charge in [0.05, 0.1) is 23.2 Å². The number of fused-ring (bicyclic) bond motifs is 3. The third kappa shape index (κ3) is 2.41. The molecule has 5 heteroatoms. The molecule has 0 aromatic rings. The molecule has 0 unspecified atom stereocenters. The second kappa shape index (κ2) is 6.69. The fourth-order valence-electron chi connectivity index (χ4n) is 9.33. The molecule has 1 N–H and O–H groups in total. The molecule has 6 rings (SSSR count). The zero-order valence-electron chi connectivity index (χ0n) is 20.3. The minimum atomic E-state index is -0.554. The van der Waals surface area contributed by atoms with Crippen molar-refractivity contribution in [2.45, 2.75) is 89.9 Å². The van der Waals surface area contributed by atoms with Crippen molar-refractivity contribution in [3.8, 4) is 0 Å². The maximum absolute atomic E-state index is 13.3. The summed E-state index contributed by atoms with van der Waals surface area (Å²) >= 11 is 0. The Balaban J connectivity index is 1.40. The van der Waals surface area contributed by atoms with Gasteiger partial charge >= 0.3 is 5.97 Å². The molecule has 0 spiro atoms. The van der Waals surface area contributed by atoms with Crippen LogP contribution in [-0.2, 0) is 19.1 Å². The molecule has 2 heterocycles. The fourth-order valence-corrected chi connectivity index (χ4v) is 9.33. The first-order valence-corrected chi connectivity index (χ1v) is 12.7. The quantitative estimate of drug-likeness (QED) is 0.627. The molecule has 4 aliphatic carbocycles. The number of ether oxygens (including phenoxy) is 2. The predicted octanol–water partition coefficient (Wildman–Crippen LogP) is 4.45. The summed E-state index contributed by atoms with van der Waals surface area (Å²) in [6.07, 6.45) is 12.4. The lowest BCUT2D eigenvalue weighted by molar-refractivity contribution is -0.231. The van der Waals surface area contributed by atoms with Gasteiger partial charge in [-0.3, -0.25) is 4.79 Å². The monoisotopic (exact) mass is 452 g/mol. The Morgan fingerprint density at radius 2 is 1.91 bits per heavy atom. The van der Waals surface area contributed by atoms with Gasteiger partial charge in [-0.05, 0) is 76.2 Å². The number of hydrogen-bond acceptors (Lipinski definition) is 5. The highest BCUT2D eigenvalue weighted by atomic mass is 16.6. The van der Waals surface area contributed by atoms with Crippen molar-refractivity contribution in [2.24, 2.45) is 28.6 Å². The van der Waals surface area contributed by atoms with Gasteiger partial charge in [0.2, 0.25) is 0 Å². The molecule has 8 atom stereocenters. The Bertz CT molecular complexity index is 1040. The zero-order valence-corrected chi connectivity index (χ0v) is 20.3. The highest BCUT2D eigenvalue weighted by molar-refractivity contribution is 5.92. The van der Waals surface area contributed by atoms with Crippen molar-refractivity contribution in [3.05, 3.63) is 34.9 Å². The van der Waals surface area contributed by atoms with Gasteiger partial charge < -0.3 is 14.6 Å². The molecule has 2 aliphatic heterocycles. The molecule has 0 amide bonds. The summed E-state index contributed by atoms with van der Waals surface area (Å²) in [4.78, 5) is 25.9. The number of rotatable bonds is 2. The predicted molar refractivity (Wildman–Crippen MR) is 123 cm³/mol. The average molecular weight is 453 g/mol. The maximum Gasteiger partial charge on any atom is 0.336 e. The topological polar surface area (TPSA) is 72.8 Å². The van der Waals surface area contributed by atoms with Crippen LogP contribution in [0.1, 0.15) is 72.6 Å². The van der Waals surface area contributed by atoms with Gasteiger partial charge in [-0.15, -0.1) is 0 Å². The highest BCUT2D eigenvalue weighted by Gasteiger charge is 2.77. The summed E-state index contributed by atoms with van der Waals surface area (Å²) in [5.41, 5.74) is 1.26. The summed E-state index contributed by atoms with van der Waals surface area (Å²) in [5.74, 6) is 0.851. The molecule has 0 aromatic carbocycles. The van der Waals surface area contributed by atoms with E-state index in [-0.39, 0.29) is 23.7 Å². The number of carbonyl (C=O) groups is 2. The van der Waals surface area contributed by atoms with Gasteiger partial charge in [0.15, 0.2) is 0 Å². The van der Waals surface area contributed by atoms with Crippen LogP contribution in [-0.4, -0.2) is 40.8 Å². The second-order valence-electron chi connectivity index (χ2n) is 12.1. The second-order valence-corrected chi connectivity index (χ2v) is 12.1. The minimum absolute atomic E-state index is 0.0133. The number of allylic oxidation sites excluding steroid dienone is 4. The van der Waals surface area contributed by atoms with E-state index in [1.807, 2.05) is 13.0 Å². The first kappa shape index (κ1) is 21.8. The van der Waals surface area contributed by atoms with E-state index in [0.29, 0.717) is 42.0 Å². The Morgan fingerprint density at radius 1 is 1.12 bits per heavy atom. The largest absolute Gasteiger partial charge is 0.456 e. The van der Waals surface area contributed by atoms with E-state index in [4.69, 9.17) is 9.47 Å². The normalized spacial score (nSPS) is 50.5. The number of aliphatic hydroxyl groups excluding tert-OH is 1. The molecule has 3 fully saturated rings. The van der Waals surface area contributed by atoms with Gasteiger partial charge in [0.25, 0.3) is 0 Å². The number of aliphatic hydroxyl groups is 1. The van der Waals surface area contributed by atoms with Crippen LogP contribution in [0.3, 0.4) is 0 Å². The van der Waals surface area contributed by atoms with E-state index in [1.54, 1.807) is 0 Å². The van der Waals surface area contributed by atoms with E-state index in [2.05, 4.69) is 32.9 Å². The molecular formula is C28H36O5. The summed E-state index contributed by atoms with van der Waals surface area (Å²) in [6, 6.07) is 0. The lowest BCUT2D eigenvalue weighted by atomic mass is 9.46. The molecule has 178 valence electrons. The molecule has 0 radical (unpaired) electrons. The maximum atomic E-state index is 13.3. The Labute approximate surface area is 196 Å². The van der Waals surface area contributed by atoms with Crippen molar-refractivity contribution in [2.75, 3.05) is 6.61 Å². The van der Waals surface area contributed by atoms with Crippen LogP contribution < -0.4 is 0 Å². The molecule has 0 aromatic heterocycles. The van der Waals surface area contributed by atoms with Crippen LogP contribution in [0.25, 0.3) is 0 Å². The van der Waals surface area contributed by atoms with E-state index < -0.39 is 17.0 Å². The highest BCUT2D eigenvalue weighted by Crippen LogP contribution is 2.75. The Kier molecular flexibility index (Phi) is 4.42. The average Bonchev–Trinajstić information content (AvgIpc) is 3.18. The fraction of sp³-hybridized carbons (Fsp3) is 0.714. The molecule has 5 nitrogen and oxygen atoms in total. The first-order valence-electron chi connectivity index (χ1n) is 12.7. The van der Waals surface area contributed by atoms with Crippen molar-refractivity contribution in [3.63, 3.8) is 0 Å². The first-order chi connectivity index (χ1) is 15.6. The number of Topliss-reactive ketones (excluding diaryl/α,β-unsaturated/α-hetero) is 1. The number of hydrogen-bond donors (Lipinski definition) is 1. The SMILES string of the molecule is CC1=C(CO)C(=O)O[C@@H]([C@]2(C)O[C@@]34CC[C@@H]2[C@@]3(C)CC[C@H]2[C@H]4CC=C3C=CCC(=O)[C@@]32C)C1. The Morgan fingerprint density at radius 3 is 2.64 bits per heavy atom. The molecule has 2 saturated carbocycles. The minimum Gasteiger partial charge on any atom is -0.456 e. The molecule has 6 aliphatic rings. The smallest absolute Gasteiger partial charge is 0.336 e. The molecule has 2 bridgehead atoms. The van der Waals surface area contributed by atoms with Crippen LogP contribution in [0.4, 0.5) is 0 Å². The van der Waals surface area contributed by atoms with Crippen LogP contribution in [0.15, 0.2) is 34.9 Å². The van der Waals surface area contributed by atoms with Gasteiger partial charge in [0, 0.05) is 18.3 Å². The van der Waals surface area contributed by atoms with E-state index in [9.17, 15) is 14.7 Å². The third-order valence-corrected chi connectivity index (χ3v) is 11.1.